The molecule has 12 heteroatoms. The number of hydrogen-bond acceptors (Lipinski definition) is 10. The Hall–Kier alpha value is -12.4. The molecule has 8 heterocycles. The van der Waals surface area contributed by atoms with E-state index in [4.69, 9.17) is 29.9 Å². The largest absolute Gasteiger partial charge is 0.308 e. The topological polar surface area (TPSA) is 87.2 Å². The molecule has 0 N–H and O–H groups in total. The van der Waals surface area contributed by atoms with E-state index >= 15 is 0 Å². The molecule has 0 radical (unpaired) electrons. The Morgan fingerprint density at radius 2 is 0.569 bits per heavy atom. The summed E-state index contributed by atoms with van der Waals surface area (Å²) >= 11 is 7.48. The zero-order valence-electron chi connectivity index (χ0n) is 54.1. The molecule has 0 saturated carbocycles. The predicted molar refractivity (Wildman–Crippen MR) is 431 cm³/mol. The average molecular weight is 1370 g/mol. The van der Waals surface area contributed by atoms with E-state index < -0.39 is 0 Å². The maximum absolute atomic E-state index is 5.13. The molecule has 474 valence electrons. The molecule has 8 nitrogen and oxygen atoms in total. The first kappa shape index (κ1) is 57.5. The Balaban J connectivity index is 0.692. The summed E-state index contributed by atoms with van der Waals surface area (Å²) in [6.07, 6.45) is 0. The van der Waals surface area contributed by atoms with Crippen LogP contribution in [0, 0.1) is 0 Å². The van der Waals surface area contributed by atoms with Crippen molar-refractivity contribution in [2.75, 3.05) is 0 Å². The SMILES string of the molecule is c1ccc(-c2nc(-c3ccccc3)nc(-c3ccc4c(c3)sc3c4ccc4sc5c(-n6c7ccccc7c7cc(-c8cc(-n9c%10ccccc%10c%10ccccc%109)c9sc%10c(ccc%11sc%12cc(-c%13nc(-c%14ccccc%14)nc(-c%14ccccc%14)n%13)ccc%12c%11%10)c9c8)ccc76)cccc5c43)n2)cc1. The van der Waals surface area contributed by atoms with Crippen molar-refractivity contribution in [2.24, 2.45) is 0 Å². The summed E-state index contributed by atoms with van der Waals surface area (Å²) in [6, 6.07) is 109. The first-order chi connectivity index (χ1) is 50.5. The summed E-state index contributed by atoms with van der Waals surface area (Å²) in [5.41, 5.74) is 15.1. The second-order valence-electron chi connectivity index (χ2n) is 26.0. The molecule has 0 atom stereocenters. The first-order valence-electron chi connectivity index (χ1n) is 34.0. The second-order valence-corrected chi connectivity index (χ2v) is 30.2. The van der Waals surface area contributed by atoms with Crippen LogP contribution in [0.5, 0.6) is 0 Å². The summed E-state index contributed by atoms with van der Waals surface area (Å²) in [4.78, 5) is 30.4. The van der Waals surface area contributed by atoms with Crippen LogP contribution in [0.3, 0.4) is 0 Å². The molecule has 0 aliphatic heterocycles. The highest BCUT2D eigenvalue weighted by molar-refractivity contribution is 7.31. The number of benzene rings is 14. The van der Waals surface area contributed by atoms with Crippen molar-refractivity contribution in [1.82, 2.24) is 39.0 Å². The number of fused-ring (bicyclic) bond motifs is 20. The molecular formula is C90H50N8S4. The fourth-order valence-corrected chi connectivity index (χ4v) is 20.7. The number of para-hydroxylation sites is 3. The third kappa shape index (κ3) is 8.90. The Kier molecular flexibility index (Phi) is 12.7. The molecule has 0 saturated heterocycles. The van der Waals surface area contributed by atoms with E-state index in [9.17, 15) is 0 Å². The van der Waals surface area contributed by atoms with Crippen LogP contribution >= 0.6 is 45.3 Å². The Morgan fingerprint density at radius 3 is 1.13 bits per heavy atom. The van der Waals surface area contributed by atoms with Crippen LogP contribution in [0.2, 0.25) is 0 Å². The van der Waals surface area contributed by atoms with Crippen molar-refractivity contribution in [1.29, 1.82) is 0 Å². The van der Waals surface area contributed by atoms with Crippen LogP contribution in [0.15, 0.2) is 303 Å². The van der Waals surface area contributed by atoms with Gasteiger partial charge in [0.1, 0.15) is 0 Å². The molecule has 0 fully saturated rings. The molecule has 0 spiro atoms. The van der Waals surface area contributed by atoms with Gasteiger partial charge in [0.25, 0.3) is 0 Å². The highest BCUT2D eigenvalue weighted by atomic mass is 32.1. The lowest BCUT2D eigenvalue weighted by molar-refractivity contribution is 1.07. The van der Waals surface area contributed by atoms with E-state index in [0.29, 0.717) is 34.9 Å². The van der Waals surface area contributed by atoms with Gasteiger partial charge in [-0.15, -0.1) is 45.3 Å². The zero-order chi connectivity index (χ0) is 66.7. The fraction of sp³-hybridized carbons (Fsp3) is 0. The van der Waals surface area contributed by atoms with E-state index in [1.54, 1.807) is 0 Å². The van der Waals surface area contributed by atoms with Crippen LogP contribution in [-0.4, -0.2) is 39.0 Å². The highest BCUT2D eigenvalue weighted by Gasteiger charge is 2.25. The van der Waals surface area contributed by atoms with Crippen LogP contribution in [0.4, 0.5) is 0 Å². The molecule has 22 rings (SSSR count). The summed E-state index contributed by atoms with van der Waals surface area (Å²) in [6.45, 7) is 0. The lowest BCUT2D eigenvalue weighted by Crippen LogP contribution is -1.99. The molecule has 0 aliphatic carbocycles. The zero-order valence-corrected chi connectivity index (χ0v) is 57.3. The molecule has 0 unspecified atom stereocenters. The van der Waals surface area contributed by atoms with Gasteiger partial charge in [-0.2, -0.15) is 0 Å². The van der Waals surface area contributed by atoms with Gasteiger partial charge in [0.05, 0.1) is 42.8 Å². The molecule has 0 amide bonds. The predicted octanol–water partition coefficient (Wildman–Crippen LogP) is 25.4. The second kappa shape index (κ2) is 22.5. The summed E-state index contributed by atoms with van der Waals surface area (Å²) in [7, 11) is 0. The van der Waals surface area contributed by atoms with Crippen LogP contribution in [0.1, 0.15) is 0 Å². The molecule has 0 aliphatic rings. The molecular weight excluding hydrogens is 1320 g/mol. The van der Waals surface area contributed by atoms with Crippen molar-refractivity contribution in [3.63, 3.8) is 0 Å². The lowest BCUT2D eigenvalue weighted by Gasteiger charge is -2.13. The van der Waals surface area contributed by atoms with Gasteiger partial charge in [-0.1, -0.05) is 231 Å². The van der Waals surface area contributed by atoms with Gasteiger partial charge in [-0.05, 0) is 83.9 Å². The monoisotopic (exact) mass is 1370 g/mol. The van der Waals surface area contributed by atoms with Crippen molar-refractivity contribution in [3.8, 4) is 90.8 Å². The summed E-state index contributed by atoms with van der Waals surface area (Å²) in [5, 5.41) is 14.9. The Bertz CT molecular complexity index is 7080. The number of rotatable bonds is 9. The van der Waals surface area contributed by atoms with Crippen molar-refractivity contribution < 1.29 is 0 Å². The molecule has 0 bridgehead atoms. The molecule has 102 heavy (non-hydrogen) atoms. The standard InChI is InChI=1S/C90H50N8S4/c1-5-20-51(21-6-1)85-91-86(52-22-7-2-8-23-52)94-89(93-85)56-36-39-62-63-41-45-76-80(83(63)101-77(62)49-56)66-31-19-35-73(81(66)100-76)97-71-34-18-15-30-61(71)67-46-55(38-43-72(67)97)58-47-68-64-42-44-75-79(84(64)102-82(68)74(48-58)98-69-32-16-13-28-59(69)60-29-14-17-33-70(60)98)65-40-37-57(50-78(65)99-75)90-95-87(53-24-9-3-10-25-53)92-88(96-90)54-26-11-4-12-27-54/h1-50H. The minimum Gasteiger partial charge on any atom is -0.308 e. The molecule has 14 aromatic carbocycles. The number of hydrogen-bond donors (Lipinski definition) is 0. The normalized spacial score (nSPS) is 12.1. The average Bonchev–Trinajstić information content (AvgIpc) is 1.57. The van der Waals surface area contributed by atoms with Gasteiger partial charge in [-0.25, -0.2) is 29.9 Å². The van der Waals surface area contributed by atoms with E-state index in [1.165, 1.54) is 130 Å². The third-order valence-electron chi connectivity index (χ3n) is 20.2. The molecule has 8 aromatic heterocycles. The van der Waals surface area contributed by atoms with Gasteiger partial charge in [0.2, 0.25) is 0 Å². The minimum absolute atomic E-state index is 0.647. The third-order valence-corrected chi connectivity index (χ3v) is 25.0. The Morgan fingerprint density at radius 1 is 0.186 bits per heavy atom. The van der Waals surface area contributed by atoms with Crippen LogP contribution in [-0.2, 0) is 0 Å². The van der Waals surface area contributed by atoms with Gasteiger partial charge in [0.15, 0.2) is 34.9 Å². The number of nitrogens with zero attached hydrogens (tertiary/aromatic N) is 8. The maximum atomic E-state index is 5.13. The number of thiophene rings is 4. The maximum Gasteiger partial charge on any atom is 0.164 e. The van der Waals surface area contributed by atoms with Crippen molar-refractivity contribution >= 4 is 170 Å². The van der Waals surface area contributed by atoms with Crippen LogP contribution < -0.4 is 0 Å². The summed E-state index contributed by atoms with van der Waals surface area (Å²) in [5.74, 6) is 3.89. The van der Waals surface area contributed by atoms with Gasteiger partial charge >= 0.3 is 0 Å². The van der Waals surface area contributed by atoms with Crippen molar-refractivity contribution in [2.45, 2.75) is 0 Å². The lowest BCUT2D eigenvalue weighted by atomic mass is 9.99. The van der Waals surface area contributed by atoms with E-state index in [0.717, 1.165) is 50.0 Å². The highest BCUT2D eigenvalue weighted by Crippen LogP contribution is 2.51. The number of aromatic nitrogens is 8. The minimum atomic E-state index is 0.647. The van der Waals surface area contributed by atoms with Gasteiger partial charge < -0.3 is 9.13 Å². The quantitative estimate of drug-likeness (QED) is 0.143. The molecule has 22 aromatic rings. The fourth-order valence-electron chi connectivity index (χ4n) is 15.5. The Labute approximate surface area is 598 Å². The first-order valence-corrected chi connectivity index (χ1v) is 37.2. The van der Waals surface area contributed by atoms with Gasteiger partial charge in [-0.3, -0.25) is 0 Å². The van der Waals surface area contributed by atoms with Gasteiger partial charge in [0, 0.05) is 126 Å². The smallest absolute Gasteiger partial charge is 0.164 e. The summed E-state index contributed by atoms with van der Waals surface area (Å²) < 4.78 is 15.0. The van der Waals surface area contributed by atoms with E-state index in [2.05, 4.69) is 240 Å². The van der Waals surface area contributed by atoms with Crippen molar-refractivity contribution in [3.05, 3.63) is 303 Å². The van der Waals surface area contributed by atoms with E-state index in [-0.39, 0.29) is 0 Å². The van der Waals surface area contributed by atoms with Crippen LogP contribution in [0.25, 0.3) is 215 Å². The van der Waals surface area contributed by atoms with E-state index in [1.807, 2.05) is 118 Å².